The topological polar surface area (TPSA) is 26.3 Å². The first-order chi connectivity index (χ1) is 6.59. The molecule has 0 amide bonds. The molecule has 0 N–H and O–H groups in total. The lowest BCUT2D eigenvalue weighted by Crippen LogP contribution is -2.31. The van der Waals surface area contributed by atoms with E-state index in [0.29, 0.717) is 23.9 Å². The maximum Gasteiger partial charge on any atom is 0.138 e. The highest BCUT2D eigenvalue weighted by Gasteiger charge is 2.44. The van der Waals surface area contributed by atoms with Gasteiger partial charge in [-0.3, -0.25) is 4.79 Å². The summed E-state index contributed by atoms with van der Waals surface area (Å²) >= 11 is 0. The number of carbonyl (C=O) groups is 1. The van der Waals surface area contributed by atoms with Crippen molar-refractivity contribution in [3.8, 4) is 0 Å². The normalized spacial score (nSPS) is 37.9. The first kappa shape index (κ1) is 10.2. The number of rotatable bonds is 3. The first-order valence-corrected chi connectivity index (χ1v) is 5.78. The van der Waals surface area contributed by atoms with E-state index in [2.05, 4.69) is 6.92 Å². The monoisotopic (exact) mass is 196 g/mol. The molecule has 2 fully saturated rings. The third-order valence-electron chi connectivity index (χ3n) is 3.81. The van der Waals surface area contributed by atoms with E-state index in [0.717, 1.165) is 6.42 Å². The fourth-order valence-corrected chi connectivity index (χ4v) is 2.94. The fraction of sp³-hybridized carbons (Fsp3) is 0.917. The number of hydrogen-bond donors (Lipinski definition) is 0. The zero-order chi connectivity index (χ0) is 10.3. The molecule has 80 valence electrons. The van der Waals surface area contributed by atoms with E-state index in [4.69, 9.17) is 4.74 Å². The number of Topliss-reactive ketones (excluding diaryl/α,β-unsaturated/α-hetero) is 1. The summed E-state index contributed by atoms with van der Waals surface area (Å²) in [6.45, 7) is 6.07. The van der Waals surface area contributed by atoms with Crippen LogP contribution in [-0.4, -0.2) is 18.0 Å². The van der Waals surface area contributed by atoms with Crippen molar-refractivity contribution in [1.29, 1.82) is 0 Å². The first-order valence-electron chi connectivity index (χ1n) is 5.78. The molecule has 0 aromatic carbocycles. The van der Waals surface area contributed by atoms with Crippen LogP contribution in [0.2, 0.25) is 0 Å². The van der Waals surface area contributed by atoms with Gasteiger partial charge in [0.25, 0.3) is 0 Å². The van der Waals surface area contributed by atoms with Crippen molar-refractivity contribution < 1.29 is 9.53 Å². The average molecular weight is 196 g/mol. The van der Waals surface area contributed by atoms with Gasteiger partial charge in [0.2, 0.25) is 0 Å². The predicted molar refractivity (Wildman–Crippen MR) is 55.0 cm³/mol. The Labute approximate surface area is 86.0 Å². The van der Waals surface area contributed by atoms with E-state index in [1.54, 1.807) is 0 Å². The quantitative estimate of drug-likeness (QED) is 0.693. The predicted octanol–water partition coefficient (Wildman–Crippen LogP) is 2.42. The van der Waals surface area contributed by atoms with E-state index in [1.807, 2.05) is 13.8 Å². The molecule has 2 nitrogen and oxygen atoms in total. The summed E-state index contributed by atoms with van der Waals surface area (Å²) in [5.74, 6) is 1.28. The van der Waals surface area contributed by atoms with Crippen LogP contribution in [0, 0.1) is 17.8 Å². The third-order valence-corrected chi connectivity index (χ3v) is 3.81. The fourth-order valence-electron chi connectivity index (χ4n) is 2.94. The van der Waals surface area contributed by atoms with Crippen LogP contribution in [-0.2, 0) is 9.53 Å². The Balaban J connectivity index is 1.99. The lowest BCUT2D eigenvalue weighted by atomic mass is 9.77. The lowest BCUT2D eigenvalue weighted by molar-refractivity contribution is -0.127. The summed E-state index contributed by atoms with van der Waals surface area (Å²) in [4.78, 5) is 11.9. The van der Waals surface area contributed by atoms with Gasteiger partial charge in [0.15, 0.2) is 0 Å². The van der Waals surface area contributed by atoms with Crippen molar-refractivity contribution >= 4 is 5.78 Å². The highest BCUT2D eigenvalue weighted by atomic mass is 16.5. The minimum absolute atomic E-state index is 0.170. The van der Waals surface area contributed by atoms with Crippen molar-refractivity contribution in [2.45, 2.75) is 52.2 Å². The van der Waals surface area contributed by atoms with Crippen molar-refractivity contribution in [1.82, 2.24) is 0 Å². The smallest absolute Gasteiger partial charge is 0.138 e. The van der Waals surface area contributed by atoms with Crippen LogP contribution >= 0.6 is 0 Å². The molecule has 4 unspecified atom stereocenters. The highest BCUT2D eigenvalue weighted by molar-refractivity contribution is 5.82. The SMILES string of the molecule is CC(C)C(=O)C(C)C1CC2CCC1O2. The Bertz CT molecular complexity index is 234. The van der Waals surface area contributed by atoms with Gasteiger partial charge in [-0.05, 0) is 25.2 Å². The summed E-state index contributed by atoms with van der Waals surface area (Å²) in [6, 6.07) is 0. The summed E-state index contributed by atoms with van der Waals surface area (Å²) in [5.41, 5.74) is 0. The van der Waals surface area contributed by atoms with Gasteiger partial charge in [-0.2, -0.15) is 0 Å². The second-order valence-corrected chi connectivity index (χ2v) is 5.12. The zero-order valence-corrected chi connectivity index (χ0v) is 9.32. The van der Waals surface area contributed by atoms with Crippen LogP contribution in [0.5, 0.6) is 0 Å². The van der Waals surface area contributed by atoms with Crippen LogP contribution in [0.3, 0.4) is 0 Å². The van der Waals surface area contributed by atoms with Gasteiger partial charge in [-0.15, -0.1) is 0 Å². The Morgan fingerprint density at radius 3 is 2.43 bits per heavy atom. The van der Waals surface area contributed by atoms with Gasteiger partial charge in [-0.1, -0.05) is 20.8 Å². The lowest BCUT2D eigenvalue weighted by Gasteiger charge is -2.25. The molecule has 2 bridgehead atoms. The Hall–Kier alpha value is -0.370. The molecule has 0 saturated carbocycles. The van der Waals surface area contributed by atoms with Crippen LogP contribution in [0.25, 0.3) is 0 Å². The largest absolute Gasteiger partial charge is 0.375 e. The van der Waals surface area contributed by atoms with Crippen LogP contribution in [0.15, 0.2) is 0 Å². The summed E-state index contributed by atoms with van der Waals surface area (Å²) in [6.07, 6.45) is 4.35. The molecule has 4 atom stereocenters. The average Bonchev–Trinajstić information content (AvgIpc) is 2.76. The minimum atomic E-state index is 0.170. The highest BCUT2D eigenvalue weighted by Crippen LogP contribution is 2.42. The van der Waals surface area contributed by atoms with E-state index >= 15 is 0 Å². The second kappa shape index (κ2) is 3.65. The van der Waals surface area contributed by atoms with Gasteiger partial charge in [-0.25, -0.2) is 0 Å². The number of fused-ring (bicyclic) bond motifs is 2. The van der Waals surface area contributed by atoms with E-state index in [9.17, 15) is 4.79 Å². The Morgan fingerprint density at radius 1 is 1.29 bits per heavy atom. The molecule has 0 aromatic rings. The number of ether oxygens (including phenoxy) is 1. The van der Waals surface area contributed by atoms with Crippen LogP contribution < -0.4 is 0 Å². The van der Waals surface area contributed by atoms with Gasteiger partial charge in [0, 0.05) is 11.8 Å². The molecule has 0 radical (unpaired) electrons. The van der Waals surface area contributed by atoms with Crippen LogP contribution in [0.4, 0.5) is 0 Å². The molecule has 2 aliphatic heterocycles. The van der Waals surface area contributed by atoms with Crippen molar-refractivity contribution in [3.63, 3.8) is 0 Å². The van der Waals surface area contributed by atoms with Gasteiger partial charge >= 0.3 is 0 Å². The minimum Gasteiger partial charge on any atom is -0.375 e. The third kappa shape index (κ3) is 1.60. The Kier molecular flexibility index (Phi) is 2.65. The maximum atomic E-state index is 11.9. The van der Waals surface area contributed by atoms with Crippen molar-refractivity contribution in [3.05, 3.63) is 0 Å². The molecule has 2 saturated heterocycles. The molecule has 0 spiro atoms. The van der Waals surface area contributed by atoms with Crippen LogP contribution in [0.1, 0.15) is 40.0 Å². The number of ketones is 1. The molecule has 0 aromatic heterocycles. The second-order valence-electron chi connectivity index (χ2n) is 5.12. The molecular formula is C12H20O2. The summed E-state index contributed by atoms with van der Waals surface area (Å²) < 4.78 is 5.78. The van der Waals surface area contributed by atoms with E-state index in [-0.39, 0.29) is 11.8 Å². The van der Waals surface area contributed by atoms with Crippen molar-refractivity contribution in [2.24, 2.45) is 17.8 Å². The Morgan fingerprint density at radius 2 is 2.00 bits per heavy atom. The molecule has 2 rings (SSSR count). The standard InChI is InChI=1S/C12H20O2/c1-7(2)12(13)8(3)10-6-9-4-5-11(10)14-9/h7-11H,4-6H2,1-3H3. The van der Waals surface area contributed by atoms with Gasteiger partial charge in [0.1, 0.15) is 5.78 Å². The zero-order valence-electron chi connectivity index (χ0n) is 9.32. The molecular weight excluding hydrogens is 176 g/mol. The molecule has 2 heteroatoms. The van der Waals surface area contributed by atoms with Gasteiger partial charge < -0.3 is 4.74 Å². The van der Waals surface area contributed by atoms with Crippen molar-refractivity contribution in [2.75, 3.05) is 0 Å². The molecule has 14 heavy (non-hydrogen) atoms. The molecule has 2 aliphatic rings. The summed E-state index contributed by atoms with van der Waals surface area (Å²) in [5, 5.41) is 0. The molecule has 0 aliphatic carbocycles. The van der Waals surface area contributed by atoms with E-state index < -0.39 is 0 Å². The van der Waals surface area contributed by atoms with E-state index in [1.165, 1.54) is 12.8 Å². The summed E-state index contributed by atoms with van der Waals surface area (Å²) in [7, 11) is 0. The maximum absolute atomic E-state index is 11.9. The van der Waals surface area contributed by atoms with Gasteiger partial charge in [0.05, 0.1) is 12.2 Å². The number of carbonyl (C=O) groups excluding carboxylic acids is 1. The molecule has 2 heterocycles. The number of hydrogen-bond acceptors (Lipinski definition) is 2.